The van der Waals surface area contributed by atoms with Crippen molar-refractivity contribution in [2.45, 2.75) is 25.7 Å². The van der Waals surface area contributed by atoms with Crippen LogP contribution in [0, 0.1) is 5.82 Å². The zero-order valence-electron chi connectivity index (χ0n) is 19.4. The molecule has 0 bridgehead atoms. The Kier molecular flexibility index (Phi) is 7.74. The molecule has 2 atom stereocenters. The second-order valence-corrected chi connectivity index (χ2v) is 8.47. The van der Waals surface area contributed by atoms with Gasteiger partial charge in [-0.25, -0.2) is 9.18 Å². The van der Waals surface area contributed by atoms with Crippen LogP contribution >= 0.6 is 0 Å². The zero-order valence-corrected chi connectivity index (χ0v) is 19.4. The van der Waals surface area contributed by atoms with E-state index in [9.17, 15) is 19.1 Å². The fraction of sp³-hybridized carbons (Fsp3) is 0.259. The number of nitrogens with zero attached hydrogens (tertiary/aromatic N) is 1. The molecule has 2 amide bonds. The number of rotatable bonds is 9. The maximum Gasteiger partial charge on any atom is 0.414 e. The molecule has 0 unspecified atom stereocenters. The van der Waals surface area contributed by atoms with Gasteiger partial charge in [0.25, 0.3) is 0 Å². The van der Waals surface area contributed by atoms with Crippen LogP contribution in [0.2, 0.25) is 0 Å². The molecule has 1 heterocycles. The number of ether oxygens (including phenoxy) is 1. The van der Waals surface area contributed by atoms with Crippen molar-refractivity contribution in [1.29, 1.82) is 0 Å². The first kappa shape index (κ1) is 24.4. The third kappa shape index (κ3) is 6.23. The van der Waals surface area contributed by atoms with E-state index < -0.39 is 24.1 Å². The van der Waals surface area contributed by atoms with E-state index in [1.54, 1.807) is 36.4 Å². The number of benzene rings is 3. The van der Waals surface area contributed by atoms with Crippen molar-refractivity contribution in [1.82, 2.24) is 10.6 Å². The van der Waals surface area contributed by atoms with Crippen LogP contribution in [-0.2, 0) is 16.1 Å². The summed E-state index contributed by atoms with van der Waals surface area (Å²) in [4.78, 5) is 24.6. The average molecular weight is 478 g/mol. The molecule has 8 heteroatoms. The maximum atomic E-state index is 15.0. The summed E-state index contributed by atoms with van der Waals surface area (Å²) in [7, 11) is 0. The van der Waals surface area contributed by atoms with Crippen LogP contribution in [0.25, 0.3) is 11.1 Å². The highest BCUT2D eigenvalue weighted by atomic mass is 19.1. The molecule has 4 rings (SSSR count). The summed E-state index contributed by atoms with van der Waals surface area (Å²) in [5.74, 6) is -0.685. The SMILES string of the molecule is CC(=O)NC[C@H]1CN(c2ccc(-c3ccc([C@H](O)CNCc4ccccc4)cc3)c(F)c2)C(=O)O1. The lowest BCUT2D eigenvalue weighted by Crippen LogP contribution is -2.33. The number of anilines is 1. The molecule has 3 aromatic carbocycles. The minimum absolute atomic E-state index is 0.206. The Morgan fingerprint density at radius 3 is 2.57 bits per heavy atom. The zero-order chi connectivity index (χ0) is 24.8. The number of hydrogen-bond donors (Lipinski definition) is 3. The van der Waals surface area contributed by atoms with Gasteiger partial charge < -0.3 is 20.5 Å². The fourth-order valence-electron chi connectivity index (χ4n) is 3.95. The van der Waals surface area contributed by atoms with E-state index in [1.165, 1.54) is 17.9 Å². The summed E-state index contributed by atoms with van der Waals surface area (Å²) in [5, 5.41) is 16.3. The van der Waals surface area contributed by atoms with Crippen molar-refractivity contribution in [3.05, 3.63) is 89.7 Å². The Hall–Kier alpha value is -3.75. The van der Waals surface area contributed by atoms with Crippen LogP contribution in [0.1, 0.15) is 24.2 Å². The van der Waals surface area contributed by atoms with Gasteiger partial charge in [-0.3, -0.25) is 9.69 Å². The quantitative estimate of drug-likeness (QED) is 0.436. The molecule has 35 heavy (non-hydrogen) atoms. The number of aliphatic hydroxyl groups is 1. The summed E-state index contributed by atoms with van der Waals surface area (Å²) < 4.78 is 20.2. The Morgan fingerprint density at radius 1 is 1.14 bits per heavy atom. The van der Waals surface area contributed by atoms with Gasteiger partial charge in [0.1, 0.15) is 11.9 Å². The molecule has 3 aromatic rings. The van der Waals surface area contributed by atoms with Gasteiger partial charge in [0.05, 0.1) is 24.9 Å². The van der Waals surface area contributed by atoms with Crippen molar-refractivity contribution in [3.8, 4) is 11.1 Å². The molecule has 1 aliphatic heterocycles. The molecule has 7 nitrogen and oxygen atoms in total. The number of hydrogen-bond acceptors (Lipinski definition) is 5. The van der Waals surface area contributed by atoms with Crippen LogP contribution in [0.3, 0.4) is 0 Å². The minimum Gasteiger partial charge on any atom is -0.442 e. The molecular weight excluding hydrogens is 449 g/mol. The molecule has 0 spiro atoms. The Bertz CT molecular complexity index is 1170. The summed E-state index contributed by atoms with van der Waals surface area (Å²) in [5.41, 5.74) is 3.31. The molecular formula is C27H28FN3O4. The molecule has 1 saturated heterocycles. The molecule has 0 saturated carbocycles. The Labute approximate surface area is 203 Å². The number of halogens is 1. The van der Waals surface area contributed by atoms with Gasteiger partial charge in [-0.15, -0.1) is 0 Å². The molecule has 0 aromatic heterocycles. The molecule has 1 aliphatic rings. The van der Waals surface area contributed by atoms with Crippen molar-refractivity contribution >= 4 is 17.7 Å². The van der Waals surface area contributed by atoms with Crippen LogP contribution in [-0.4, -0.2) is 42.8 Å². The van der Waals surface area contributed by atoms with Crippen LogP contribution in [0.4, 0.5) is 14.9 Å². The molecule has 0 radical (unpaired) electrons. The topological polar surface area (TPSA) is 90.9 Å². The highest BCUT2D eigenvalue weighted by molar-refractivity contribution is 5.90. The smallest absolute Gasteiger partial charge is 0.414 e. The van der Waals surface area contributed by atoms with Crippen LogP contribution < -0.4 is 15.5 Å². The molecule has 0 aliphatic carbocycles. The van der Waals surface area contributed by atoms with Gasteiger partial charge in [-0.05, 0) is 34.9 Å². The molecule has 1 fully saturated rings. The van der Waals surface area contributed by atoms with Crippen molar-refractivity contribution < 1.29 is 23.8 Å². The van der Waals surface area contributed by atoms with Gasteiger partial charge >= 0.3 is 6.09 Å². The normalized spacial score (nSPS) is 16.1. The lowest BCUT2D eigenvalue weighted by molar-refractivity contribution is -0.119. The van der Waals surface area contributed by atoms with E-state index in [0.29, 0.717) is 29.9 Å². The van der Waals surface area contributed by atoms with Crippen molar-refractivity contribution in [2.75, 3.05) is 24.5 Å². The second kappa shape index (κ2) is 11.1. The van der Waals surface area contributed by atoms with Gasteiger partial charge in [0.2, 0.25) is 5.91 Å². The number of cyclic esters (lactones) is 1. The average Bonchev–Trinajstić information content (AvgIpc) is 3.24. The standard InChI is InChI=1S/C27H28FN3O4/c1-18(32)30-15-23-17-31(27(34)35-23)22-11-12-24(25(28)13-22)20-7-9-21(10-8-20)26(33)16-29-14-19-5-3-2-4-6-19/h2-13,23,26,29,33H,14-17H2,1H3,(H,30,32)/t23-,26+/m0/s1. The number of carbonyl (C=O) groups excluding carboxylic acids is 2. The fourth-order valence-corrected chi connectivity index (χ4v) is 3.95. The van der Waals surface area contributed by atoms with E-state index in [-0.39, 0.29) is 19.0 Å². The van der Waals surface area contributed by atoms with Crippen molar-refractivity contribution in [3.63, 3.8) is 0 Å². The minimum atomic E-state index is -0.688. The van der Waals surface area contributed by atoms with Crippen LogP contribution in [0.15, 0.2) is 72.8 Å². The Balaban J connectivity index is 1.37. The summed E-state index contributed by atoms with van der Waals surface area (Å²) in [6, 6.07) is 21.6. The monoisotopic (exact) mass is 477 g/mol. The lowest BCUT2D eigenvalue weighted by Gasteiger charge is -2.15. The number of carbonyl (C=O) groups is 2. The van der Waals surface area contributed by atoms with Gasteiger partial charge in [0.15, 0.2) is 0 Å². The first-order valence-corrected chi connectivity index (χ1v) is 11.5. The van der Waals surface area contributed by atoms with Gasteiger partial charge in [0, 0.05) is 25.6 Å². The number of nitrogens with one attached hydrogen (secondary N) is 2. The summed E-state index contributed by atoms with van der Waals surface area (Å²) in [6.45, 7) is 2.87. The van der Waals surface area contributed by atoms with E-state index in [2.05, 4.69) is 10.6 Å². The predicted octanol–water partition coefficient (Wildman–Crippen LogP) is 3.78. The number of aliphatic hydroxyl groups excluding tert-OH is 1. The third-order valence-corrected chi connectivity index (χ3v) is 5.83. The molecule has 182 valence electrons. The molecule has 3 N–H and O–H groups in total. The maximum absolute atomic E-state index is 15.0. The first-order chi connectivity index (χ1) is 16.9. The third-order valence-electron chi connectivity index (χ3n) is 5.83. The van der Waals surface area contributed by atoms with E-state index in [0.717, 1.165) is 11.1 Å². The van der Waals surface area contributed by atoms with Crippen molar-refractivity contribution in [2.24, 2.45) is 0 Å². The Morgan fingerprint density at radius 2 is 1.89 bits per heavy atom. The lowest BCUT2D eigenvalue weighted by atomic mass is 10.0. The summed E-state index contributed by atoms with van der Waals surface area (Å²) in [6.07, 6.45) is -1.76. The number of amides is 2. The van der Waals surface area contributed by atoms with E-state index >= 15 is 0 Å². The van der Waals surface area contributed by atoms with Crippen LogP contribution in [0.5, 0.6) is 0 Å². The second-order valence-electron chi connectivity index (χ2n) is 8.47. The predicted molar refractivity (Wildman–Crippen MR) is 131 cm³/mol. The summed E-state index contributed by atoms with van der Waals surface area (Å²) >= 11 is 0. The highest BCUT2D eigenvalue weighted by Gasteiger charge is 2.32. The van der Waals surface area contributed by atoms with E-state index in [4.69, 9.17) is 4.74 Å². The van der Waals surface area contributed by atoms with E-state index in [1.807, 2.05) is 30.3 Å². The van der Waals surface area contributed by atoms with Gasteiger partial charge in [-0.2, -0.15) is 0 Å². The first-order valence-electron chi connectivity index (χ1n) is 11.5. The van der Waals surface area contributed by atoms with Gasteiger partial charge in [-0.1, -0.05) is 54.6 Å². The highest BCUT2D eigenvalue weighted by Crippen LogP contribution is 2.30. The largest absolute Gasteiger partial charge is 0.442 e.